The minimum atomic E-state index is -0.0746. The Balaban J connectivity index is 1.67. The summed E-state index contributed by atoms with van der Waals surface area (Å²) in [5.41, 5.74) is 1.40. The molecule has 106 valence electrons. The molecule has 2 aliphatic carbocycles. The maximum absolute atomic E-state index is 12.5. The molecule has 0 unspecified atom stereocenters. The summed E-state index contributed by atoms with van der Waals surface area (Å²) in [4.78, 5) is 14.9. The number of allylic oxidation sites excluding steroid dienone is 2. The Labute approximate surface area is 116 Å². The molecule has 3 aliphatic rings. The molecule has 0 bridgehead atoms. The summed E-state index contributed by atoms with van der Waals surface area (Å²) in [5.74, 6) is 0.522. The SMILES string of the molecule is O=C1CCC[C@]1(CCN1CCOCC1)C1=CCCC1. The third-order valence-corrected chi connectivity index (χ3v) is 5.16. The third kappa shape index (κ3) is 2.63. The Morgan fingerprint density at radius 1 is 1.21 bits per heavy atom. The highest BCUT2D eigenvalue weighted by molar-refractivity contribution is 5.90. The molecule has 3 heteroatoms. The normalized spacial score (nSPS) is 32.8. The Hall–Kier alpha value is -0.670. The van der Waals surface area contributed by atoms with Gasteiger partial charge in [-0.1, -0.05) is 11.6 Å². The first kappa shape index (κ1) is 13.3. The predicted octanol–water partition coefficient (Wildman–Crippen LogP) is 2.56. The van der Waals surface area contributed by atoms with Gasteiger partial charge in [-0.05, 0) is 45.1 Å². The second kappa shape index (κ2) is 5.76. The molecule has 1 saturated heterocycles. The molecule has 0 amide bonds. The van der Waals surface area contributed by atoms with Crippen LogP contribution in [0.1, 0.15) is 44.9 Å². The molecular weight excluding hydrogens is 238 g/mol. The van der Waals surface area contributed by atoms with Crippen molar-refractivity contribution in [3.8, 4) is 0 Å². The van der Waals surface area contributed by atoms with Crippen molar-refractivity contribution in [2.24, 2.45) is 5.41 Å². The van der Waals surface area contributed by atoms with Gasteiger partial charge in [-0.25, -0.2) is 0 Å². The number of nitrogens with zero attached hydrogens (tertiary/aromatic N) is 1. The van der Waals surface area contributed by atoms with E-state index in [1.165, 1.54) is 18.4 Å². The van der Waals surface area contributed by atoms with E-state index in [1.54, 1.807) is 0 Å². The van der Waals surface area contributed by atoms with Crippen molar-refractivity contribution in [3.05, 3.63) is 11.6 Å². The number of ketones is 1. The fourth-order valence-corrected chi connectivity index (χ4v) is 3.97. The van der Waals surface area contributed by atoms with Crippen molar-refractivity contribution in [1.82, 2.24) is 4.90 Å². The van der Waals surface area contributed by atoms with E-state index in [-0.39, 0.29) is 5.41 Å². The molecule has 19 heavy (non-hydrogen) atoms. The van der Waals surface area contributed by atoms with Gasteiger partial charge in [-0.2, -0.15) is 0 Å². The lowest BCUT2D eigenvalue weighted by molar-refractivity contribution is -0.124. The highest BCUT2D eigenvalue weighted by Gasteiger charge is 2.44. The van der Waals surface area contributed by atoms with Crippen molar-refractivity contribution in [1.29, 1.82) is 0 Å². The number of carbonyl (C=O) groups excluding carboxylic acids is 1. The number of hydrogen-bond acceptors (Lipinski definition) is 3. The standard InChI is InChI=1S/C16H25NO2/c18-15-6-3-7-16(15,14-4-1-2-5-14)8-9-17-10-12-19-13-11-17/h4H,1-3,5-13H2/t16-/m0/s1. The zero-order chi connectivity index (χ0) is 13.1. The molecule has 3 nitrogen and oxygen atoms in total. The van der Waals surface area contributed by atoms with Crippen molar-refractivity contribution < 1.29 is 9.53 Å². The van der Waals surface area contributed by atoms with Gasteiger partial charge in [0.15, 0.2) is 0 Å². The Morgan fingerprint density at radius 2 is 2.05 bits per heavy atom. The highest BCUT2D eigenvalue weighted by atomic mass is 16.5. The molecule has 1 heterocycles. The second-order valence-corrected chi connectivity index (χ2v) is 6.18. The van der Waals surface area contributed by atoms with Crippen molar-refractivity contribution in [2.75, 3.05) is 32.8 Å². The topological polar surface area (TPSA) is 29.5 Å². The van der Waals surface area contributed by atoms with Crippen LogP contribution in [0.3, 0.4) is 0 Å². The third-order valence-electron chi connectivity index (χ3n) is 5.16. The highest BCUT2D eigenvalue weighted by Crippen LogP contribution is 2.48. The van der Waals surface area contributed by atoms with E-state index >= 15 is 0 Å². The summed E-state index contributed by atoms with van der Waals surface area (Å²) in [6, 6.07) is 0. The van der Waals surface area contributed by atoms with Gasteiger partial charge in [0.25, 0.3) is 0 Å². The fraction of sp³-hybridized carbons (Fsp3) is 0.812. The molecule has 0 aromatic rings. The summed E-state index contributed by atoms with van der Waals surface area (Å²) in [6.07, 6.45) is 10.0. The zero-order valence-electron chi connectivity index (χ0n) is 11.8. The summed E-state index contributed by atoms with van der Waals surface area (Å²) in [7, 11) is 0. The molecule has 3 rings (SSSR count). The first-order valence-electron chi connectivity index (χ1n) is 7.84. The number of Topliss-reactive ketones (excluding diaryl/α,β-unsaturated/α-hetero) is 1. The monoisotopic (exact) mass is 263 g/mol. The van der Waals surface area contributed by atoms with Crippen LogP contribution in [-0.4, -0.2) is 43.5 Å². The van der Waals surface area contributed by atoms with Gasteiger partial charge in [0, 0.05) is 19.5 Å². The maximum Gasteiger partial charge on any atom is 0.143 e. The van der Waals surface area contributed by atoms with Crippen LogP contribution in [0.25, 0.3) is 0 Å². The number of hydrogen-bond donors (Lipinski definition) is 0. The van der Waals surface area contributed by atoms with Gasteiger partial charge in [0.2, 0.25) is 0 Å². The van der Waals surface area contributed by atoms with Crippen molar-refractivity contribution in [3.63, 3.8) is 0 Å². The van der Waals surface area contributed by atoms with Crippen LogP contribution in [0, 0.1) is 5.41 Å². The number of carbonyl (C=O) groups is 1. The average molecular weight is 263 g/mol. The predicted molar refractivity (Wildman–Crippen MR) is 75.1 cm³/mol. The molecule has 0 aromatic carbocycles. The van der Waals surface area contributed by atoms with Gasteiger partial charge in [-0.15, -0.1) is 0 Å². The zero-order valence-corrected chi connectivity index (χ0v) is 11.8. The van der Waals surface area contributed by atoms with E-state index in [9.17, 15) is 4.79 Å². The molecule has 1 atom stereocenters. The largest absolute Gasteiger partial charge is 0.379 e. The summed E-state index contributed by atoms with van der Waals surface area (Å²) in [5, 5.41) is 0. The minimum Gasteiger partial charge on any atom is -0.379 e. The Bertz CT molecular complexity index is 371. The second-order valence-electron chi connectivity index (χ2n) is 6.18. The van der Waals surface area contributed by atoms with Crippen LogP contribution in [-0.2, 0) is 9.53 Å². The Kier molecular flexibility index (Phi) is 4.04. The summed E-state index contributed by atoms with van der Waals surface area (Å²) < 4.78 is 5.40. The summed E-state index contributed by atoms with van der Waals surface area (Å²) in [6.45, 7) is 4.83. The van der Waals surface area contributed by atoms with E-state index in [2.05, 4.69) is 11.0 Å². The van der Waals surface area contributed by atoms with Gasteiger partial charge in [0.05, 0.1) is 18.6 Å². The van der Waals surface area contributed by atoms with E-state index in [4.69, 9.17) is 4.74 Å². The van der Waals surface area contributed by atoms with Gasteiger partial charge in [0.1, 0.15) is 5.78 Å². The van der Waals surface area contributed by atoms with E-state index in [1.807, 2.05) is 0 Å². The quantitative estimate of drug-likeness (QED) is 0.730. The van der Waals surface area contributed by atoms with Crippen LogP contribution in [0.15, 0.2) is 11.6 Å². The molecule has 2 fully saturated rings. The minimum absolute atomic E-state index is 0.0746. The van der Waals surface area contributed by atoms with Gasteiger partial charge < -0.3 is 4.74 Å². The number of ether oxygens (including phenoxy) is 1. The van der Waals surface area contributed by atoms with Crippen LogP contribution in [0.5, 0.6) is 0 Å². The smallest absolute Gasteiger partial charge is 0.143 e. The van der Waals surface area contributed by atoms with Crippen molar-refractivity contribution in [2.45, 2.75) is 44.9 Å². The average Bonchev–Trinajstić information content (AvgIpc) is 3.08. The van der Waals surface area contributed by atoms with Gasteiger partial charge >= 0.3 is 0 Å². The Morgan fingerprint density at radius 3 is 2.68 bits per heavy atom. The van der Waals surface area contributed by atoms with Crippen LogP contribution >= 0.6 is 0 Å². The lowest BCUT2D eigenvalue weighted by atomic mass is 9.74. The van der Waals surface area contributed by atoms with Crippen LogP contribution in [0.4, 0.5) is 0 Å². The van der Waals surface area contributed by atoms with E-state index in [0.29, 0.717) is 5.78 Å². The lowest BCUT2D eigenvalue weighted by Gasteiger charge is -2.34. The molecular formula is C16H25NO2. The van der Waals surface area contributed by atoms with Crippen LogP contribution in [0.2, 0.25) is 0 Å². The number of morpholine rings is 1. The lowest BCUT2D eigenvalue weighted by Crippen LogP contribution is -2.40. The molecule has 0 N–H and O–H groups in total. The molecule has 1 saturated carbocycles. The molecule has 0 aromatic heterocycles. The maximum atomic E-state index is 12.5. The van der Waals surface area contributed by atoms with E-state index in [0.717, 1.165) is 65.0 Å². The molecule has 0 radical (unpaired) electrons. The first-order valence-corrected chi connectivity index (χ1v) is 7.84. The van der Waals surface area contributed by atoms with Gasteiger partial charge in [-0.3, -0.25) is 9.69 Å². The van der Waals surface area contributed by atoms with Crippen LogP contribution < -0.4 is 0 Å². The fourth-order valence-electron chi connectivity index (χ4n) is 3.97. The first-order chi connectivity index (χ1) is 9.31. The summed E-state index contributed by atoms with van der Waals surface area (Å²) >= 11 is 0. The molecule has 1 aliphatic heterocycles. The van der Waals surface area contributed by atoms with E-state index < -0.39 is 0 Å². The molecule has 0 spiro atoms. The number of rotatable bonds is 4. The van der Waals surface area contributed by atoms with Crippen molar-refractivity contribution >= 4 is 5.78 Å².